The van der Waals surface area contributed by atoms with Crippen molar-refractivity contribution in [3.63, 3.8) is 0 Å². The lowest BCUT2D eigenvalue weighted by atomic mass is 10.2. The molecule has 78 valence electrons. The van der Waals surface area contributed by atoms with E-state index in [-0.39, 0.29) is 11.5 Å². The predicted octanol–water partition coefficient (Wildman–Crippen LogP) is 2.69. The van der Waals surface area contributed by atoms with Gasteiger partial charge < -0.3 is 4.74 Å². The number of carbonyl (C=O) groups excluding carboxylic acids is 1. The van der Waals surface area contributed by atoms with Crippen molar-refractivity contribution in [2.45, 2.75) is 0 Å². The van der Waals surface area contributed by atoms with Crippen LogP contribution in [0, 0.1) is 11.3 Å². The molecule has 0 aromatic heterocycles. The Labute approximate surface area is 97.2 Å². The molecular weight excluding hydrogens is 226 g/mol. The van der Waals surface area contributed by atoms with Crippen LogP contribution in [-0.4, -0.2) is 5.78 Å². The molecule has 0 saturated heterocycles. The maximum absolute atomic E-state index is 11.4. The summed E-state index contributed by atoms with van der Waals surface area (Å²) in [7, 11) is 0. The van der Waals surface area contributed by atoms with Crippen LogP contribution in [0.5, 0.6) is 0 Å². The fraction of sp³-hybridized carbons (Fsp3) is 0. The second-order valence-electron chi connectivity index (χ2n) is 3.12. The molecule has 0 radical (unpaired) electrons. The maximum atomic E-state index is 11.4. The number of hydrogen-bond acceptors (Lipinski definition) is 3. The van der Waals surface area contributed by atoms with E-state index in [2.05, 4.69) is 0 Å². The molecule has 1 heterocycles. The van der Waals surface area contributed by atoms with Crippen LogP contribution in [0.1, 0.15) is 5.56 Å². The molecule has 16 heavy (non-hydrogen) atoms. The summed E-state index contributed by atoms with van der Waals surface area (Å²) in [6, 6.07) is 8.66. The molecule has 0 aliphatic carbocycles. The van der Waals surface area contributed by atoms with Crippen molar-refractivity contribution in [1.82, 2.24) is 0 Å². The number of benzene rings is 1. The number of ketones is 1. The topological polar surface area (TPSA) is 50.1 Å². The zero-order valence-corrected chi connectivity index (χ0v) is 8.86. The molecule has 3 nitrogen and oxygen atoms in total. The minimum atomic E-state index is -0.300. The van der Waals surface area contributed by atoms with Gasteiger partial charge in [-0.25, -0.2) is 0 Å². The smallest absolute Gasteiger partial charge is 0.225 e. The molecule has 0 atom stereocenters. The Morgan fingerprint density at radius 3 is 2.62 bits per heavy atom. The van der Waals surface area contributed by atoms with Crippen LogP contribution in [-0.2, 0) is 9.53 Å². The third kappa shape index (κ3) is 1.97. The molecule has 0 fully saturated rings. The van der Waals surface area contributed by atoms with Crippen LogP contribution in [0.2, 0.25) is 5.02 Å². The van der Waals surface area contributed by atoms with Crippen LogP contribution in [0.4, 0.5) is 0 Å². The minimum Gasteiger partial charge on any atom is -0.452 e. The number of hydrogen-bond donors (Lipinski definition) is 0. The highest BCUT2D eigenvalue weighted by Gasteiger charge is 2.21. The summed E-state index contributed by atoms with van der Waals surface area (Å²) in [5, 5.41) is 9.05. The molecule has 0 bridgehead atoms. The quantitative estimate of drug-likeness (QED) is 0.552. The average molecular weight is 232 g/mol. The van der Waals surface area contributed by atoms with E-state index >= 15 is 0 Å². The third-order valence-corrected chi connectivity index (χ3v) is 2.30. The Kier molecular flexibility index (Phi) is 2.76. The second kappa shape index (κ2) is 4.21. The molecule has 0 N–H and O–H groups in total. The lowest BCUT2D eigenvalue weighted by Gasteiger charge is -2.02. The second-order valence-corrected chi connectivity index (χ2v) is 3.56. The predicted molar refractivity (Wildman–Crippen MR) is 59.2 cm³/mol. The third-order valence-electron chi connectivity index (χ3n) is 2.05. The van der Waals surface area contributed by atoms with Crippen LogP contribution in [0.25, 0.3) is 5.76 Å². The van der Waals surface area contributed by atoms with Crippen LogP contribution < -0.4 is 0 Å². The summed E-state index contributed by atoms with van der Waals surface area (Å²) in [6.07, 6.45) is 2.44. The first kappa shape index (κ1) is 10.5. The van der Waals surface area contributed by atoms with Gasteiger partial charge in [-0.15, -0.1) is 0 Å². The minimum absolute atomic E-state index is 0.0486. The van der Waals surface area contributed by atoms with Crippen LogP contribution in [0.15, 0.2) is 42.2 Å². The number of nitrogens with zero attached hydrogens (tertiary/aromatic N) is 1. The Morgan fingerprint density at radius 1 is 1.31 bits per heavy atom. The number of rotatable bonds is 1. The van der Waals surface area contributed by atoms with E-state index < -0.39 is 0 Å². The maximum Gasteiger partial charge on any atom is 0.225 e. The molecule has 0 amide bonds. The van der Waals surface area contributed by atoms with Crippen molar-refractivity contribution < 1.29 is 9.53 Å². The molecular formula is C12H6ClNO2. The van der Waals surface area contributed by atoms with Gasteiger partial charge in [0.05, 0.1) is 12.1 Å². The molecule has 1 aliphatic heterocycles. The van der Waals surface area contributed by atoms with E-state index in [1.165, 1.54) is 6.08 Å². The van der Waals surface area contributed by atoms with E-state index in [0.29, 0.717) is 10.8 Å². The van der Waals surface area contributed by atoms with Gasteiger partial charge in [-0.1, -0.05) is 11.6 Å². The highest BCUT2D eigenvalue weighted by molar-refractivity contribution is 6.30. The number of ether oxygens (including phenoxy) is 1. The Bertz CT molecular complexity index is 535. The van der Waals surface area contributed by atoms with Crippen LogP contribution >= 0.6 is 11.6 Å². The van der Waals surface area contributed by atoms with E-state index in [9.17, 15) is 4.79 Å². The first-order valence-corrected chi connectivity index (χ1v) is 4.88. The number of nitriles is 1. The average Bonchev–Trinajstić information content (AvgIpc) is 2.62. The molecule has 0 saturated carbocycles. The van der Waals surface area contributed by atoms with Crippen molar-refractivity contribution in [3.05, 3.63) is 52.8 Å². The number of allylic oxidation sites excluding steroid dienone is 2. The SMILES string of the molecule is N#C/C=C1\OC(c2ccc(Cl)cc2)=CC1=O. The van der Waals surface area contributed by atoms with Gasteiger partial charge in [0.1, 0.15) is 5.76 Å². The molecule has 0 spiro atoms. The summed E-state index contributed by atoms with van der Waals surface area (Å²) in [5.41, 5.74) is 0.749. The van der Waals surface area contributed by atoms with Gasteiger partial charge in [-0.3, -0.25) is 4.79 Å². The van der Waals surface area contributed by atoms with Crippen molar-refractivity contribution >= 4 is 23.1 Å². The largest absolute Gasteiger partial charge is 0.452 e. The van der Waals surface area contributed by atoms with E-state index in [0.717, 1.165) is 11.6 Å². The molecule has 0 unspecified atom stereocenters. The van der Waals surface area contributed by atoms with E-state index in [1.54, 1.807) is 30.3 Å². The zero-order valence-electron chi connectivity index (χ0n) is 8.11. The highest BCUT2D eigenvalue weighted by atomic mass is 35.5. The Hall–Kier alpha value is -2.05. The summed E-state index contributed by atoms with van der Waals surface area (Å²) in [5.74, 6) is 0.183. The molecule has 2 rings (SSSR count). The molecule has 1 aliphatic rings. The highest BCUT2D eigenvalue weighted by Crippen LogP contribution is 2.27. The van der Waals surface area contributed by atoms with Gasteiger partial charge in [0.2, 0.25) is 5.78 Å². The van der Waals surface area contributed by atoms with Gasteiger partial charge in [-0.2, -0.15) is 5.26 Å². The van der Waals surface area contributed by atoms with Gasteiger partial charge in [0, 0.05) is 16.7 Å². The Morgan fingerprint density at radius 2 is 2.00 bits per heavy atom. The summed E-state index contributed by atoms with van der Waals surface area (Å²) < 4.78 is 5.25. The van der Waals surface area contributed by atoms with Crippen molar-refractivity contribution in [2.75, 3.05) is 0 Å². The van der Waals surface area contributed by atoms with E-state index in [1.807, 2.05) is 0 Å². The van der Waals surface area contributed by atoms with E-state index in [4.69, 9.17) is 21.6 Å². The van der Waals surface area contributed by atoms with Gasteiger partial charge in [0.15, 0.2) is 5.76 Å². The first-order chi connectivity index (χ1) is 7.70. The zero-order chi connectivity index (χ0) is 11.5. The fourth-order valence-electron chi connectivity index (χ4n) is 1.30. The molecule has 4 heteroatoms. The normalized spacial score (nSPS) is 16.9. The summed E-state index contributed by atoms with van der Waals surface area (Å²) >= 11 is 5.74. The van der Waals surface area contributed by atoms with Gasteiger partial charge in [0.25, 0.3) is 0 Å². The first-order valence-electron chi connectivity index (χ1n) is 4.50. The summed E-state index contributed by atoms with van der Waals surface area (Å²) in [6.45, 7) is 0. The van der Waals surface area contributed by atoms with Crippen molar-refractivity contribution in [2.24, 2.45) is 0 Å². The van der Waals surface area contributed by atoms with Crippen LogP contribution in [0.3, 0.4) is 0 Å². The molecule has 1 aromatic rings. The molecule has 1 aromatic carbocycles. The standard InChI is InChI=1S/C12H6ClNO2/c13-9-3-1-8(2-4-9)12-7-10(15)11(16-12)5-6-14/h1-5,7H/b11-5-. The Balaban J connectivity index is 2.30. The number of halogens is 1. The summed E-state index contributed by atoms with van der Waals surface area (Å²) in [4.78, 5) is 11.4. The van der Waals surface area contributed by atoms with Gasteiger partial charge in [-0.05, 0) is 24.3 Å². The number of carbonyl (C=O) groups is 1. The lowest BCUT2D eigenvalue weighted by molar-refractivity contribution is -0.112. The van der Waals surface area contributed by atoms with Crippen molar-refractivity contribution in [3.8, 4) is 6.07 Å². The lowest BCUT2D eigenvalue weighted by Crippen LogP contribution is -1.92. The fourth-order valence-corrected chi connectivity index (χ4v) is 1.43. The monoisotopic (exact) mass is 231 g/mol. The van der Waals surface area contributed by atoms with Gasteiger partial charge >= 0.3 is 0 Å². The van der Waals surface area contributed by atoms with Crippen molar-refractivity contribution in [1.29, 1.82) is 5.26 Å².